The van der Waals surface area contributed by atoms with Crippen molar-refractivity contribution in [1.29, 1.82) is 0 Å². The first-order valence-electron chi connectivity index (χ1n) is 4.88. The molecular weight excluding hydrogens is 321 g/mol. The molecule has 0 atom stereocenters. The summed E-state index contributed by atoms with van der Waals surface area (Å²) in [5.74, 6) is -0.430. The second kappa shape index (κ2) is 5.37. The van der Waals surface area contributed by atoms with Crippen LogP contribution in [0.5, 0.6) is 11.5 Å². The molecule has 0 radical (unpaired) electrons. The van der Waals surface area contributed by atoms with Gasteiger partial charge in [0.05, 0.1) is 10.7 Å². The molecule has 0 amide bonds. The topological polar surface area (TPSA) is 59.4 Å². The van der Waals surface area contributed by atoms with Gasteiger partial charge in [0.2, 0.25) is 0 Å². The van der Waals surface area contributed by atoms with Crippen LogP contribution in [0.4, 0.5) is 0 Å². The zero-order chi connectivity index (χ0) is 13.1. The Kier molecular flexibility index (Phi) is 3.84. The molecular formula is C12H7BrClNO3. The van der Waals surface area contributed by atoms with Crippen LogP contribution in [-0.4, -0.2) is 16.1 Å². The number of aromatic carboxylic acids is 1. The maximum Gasteiger partial charge on any atom is 0.339 e. The van der Waals surface area contributed by atoms with Crippen LogP contribution >= 0.6 is 27.5 Å². The first-order chi connectivity index (χ1) is 8.58. The van der Waals surface area contributed by atoms with Crippen LogP contribution in [0, 0.1) is 0 Å². The second-order valence-electron chi connectivity index (χ2n) is 3.35. The SMILES string of the molecule is O=C(O)c1ccncc1Oc1ccc(Cl)cc1Br. The highest BCUT2D eigenvalue weighted by Gasteiger charge is 2.13. The van der Waals surface area contributed by atoms with E-state index in [2.05, 4.69) is 20.9 Å². The number of halogens is 2. The van der Waals surface area contributed by atoms with Gasteiger partial charge < -0.3 is 9.84 Å². The van der Waals surface area contributed by atoms with E-state index in [4.69, 9.17) is 21.4 Å². The molecule has 0 bridgehead atoms. The molecule has 18 heavy (non-hydrogen) atoms. The van der Waals surface area contributed by atoms with Crippen LogP contribution in [-0.2, 0) is 0 Å². The lowest BCUT2D eigenvalue weighted by Gasteiger charge is -2.09. The number of benzene rings is 1. The molecule has 0 aliphatic heterocycles. The Balaban J connectivity index is 2.37. The van der Waals surface area contributed by atoms with Crippen LogP contribution in [0.1, 0.15) is 10.4 Å². The van der Waals surface area contributed by atoms with Gasteiger partial charge in [-0.25, -0.2) is 4.79 Å². The number of nitrogens with zero attached hydrogens (tertiary/aromatic N) is 1. The zero-order valence-corrected chi connectivity index (χ0v) is 11.3. The summed E-state index contributed by atoms with van der Waals surface area (Å²) in [6.45, 7) is 0. The number of carboxylic acids is 1. The Morgan fingerprint density at radius 2 is 2.11 bits per heavy atom. The molecule has 4 nitrogen and oxygen atoms in total. The third-order valence-electron chi connectivity index (χ3n) is 2.13. The minimum absolute atomic E-state index is 0.0480. The van der Waals surface area contributed by atoms with Crippen LogP contribution in [0.25, 0.3) is 0 Å². The van der Waals surface area contributed by atoms with E-state index in [9.17, 15) is 4.79 Å². The van der Waals surface area contributed by atoms with Crippen LogP contribution < -0.4 is 4.74 Å². The van der Waals surface area contributed by atoms with Gasteiger partial charge in [-0.1, -0.05) is 11.6 Å². The molecule has 0 saturated carbocycles. The average Bonchev–Trinajstić information content (AvgIpc) is 2.33. The van der Waals surface area contributed by atoms with Crippen molar-refractivity contribution in [3.05, 3.63) is 51.7 Å². The smallest absolute Gasteiger partial charge is 0.339 e. The lowest BCUT2D eigenvalue weighted by atomic mass is 10.2. The van der Waals surface area contributed by atoms with E-state index in [0.717, 1.165) is 0 Å². The molecule has 2 aromatic rings. The van der Waals surface area contributed by atoms with Crippen molar-refractivity contribution in [2.45, 2.75) is 0 Å². The molecule has 0 aliphatic rings. The van der Waals surface area contributed by atoms with Crippen molar-refractivity contribution in [3.63, 3.8) is 0 Å². The summed E-state index contributed by atoms with van der Waals surface area (Å²) in [4.78, 5) is 14.9. The Morgan fingerprint density at radius 3 is 2.78 bits per heavy atom. The number of hydrogen-bond acceptors (Lipinski definition) is 3. The van der Waals surface area contributed by atoms with Gasteiger partial charge in [0.1, 0.15) is 11.3 Å². The first-order valence-corrected chi connectivity index (χ1v) is 6.05. The maximum absolute atomic E-state index is 11.0. The molecule has 1 heterocycles. The van der Waals surface area contributed by atoms with E-state index < -0.39 is 5.97 Å². The predicted octanol–water partition coefficient (Wildman–Crippen LogP) is 3.99. The maximum atomic E-state index is 11.0. The molecule has 1 N–H and O–H groups in total. The van der Waals surface area contributed by atoms with E-state index in [1.54, 1.807) is 18.2 Å². The van der Waals surface area contributed by atoms with Gasteiger partial charge in [0.25, 0.3) is 0 Å². The predicted molar refractivity (Wildman–Crippen MR) is 70.4 cm³/mol. The Hall–Kier alpha value is -1.59. The molecule has 0 aliphatic carbocycles. The number of hydrogen-bond donors (Lipinski definition) is 1. The molecule has 0 spiro atoms. The number of rotatable bonds is 3. The molecule has 6 heteroatoms. The van der Waals surface area contributed by atoms with E-state index in [1.165, 1.54) is 18.5 Å². The highest BCUT2D eigenvalue weighted by Crippen LogP contribution is 2.32. The van der Waals surface area contributed by atoms with Crippen molar-refractivity contribution >= 4 is 33.5 Å². The van der Waals surface area contributed by atoms with E-state index >= 15 is 0 Å². The van der Waals surface area contributed by atoms with E-state index in [1.807, 2.05) is 0 Å². The number of ether oxygens (including phenoxy) is 1. The first kappa shape index (κ1) is 12.9. The van der Waals surface area contributed by atoms with Crippen molar-refractivity contribution in [2.75, 3.05) is 0 Å². The summed E-state index contributed by atoms with van der Waals surface area (Å²) in [6.07, 6.45) is 2.75. The third-order valence-corrected chi connectivity index (χ3v) is 2.98. The van der Waals surface area contributed by atoms with Gasteiger partial charge in [-0.3, -0.25) is 4.98 Å². The minimum atomic E-state index is -1.07. The highest BCUT2D eigenvalue weighted by atomic mass is 79.9. The van der Waals surface area contributed by atoms with E-state index in [0.29, 0.717) is 15.2 Å². The molecule has 1 aromatic carbocycles. The largest absolute Gasteiger partial charge is 0.478 e. The van der Waals surface area contributed by atoms with Gasteiger partial charge in [0, 0.05) is 11.2 Å². The van der Waals surface area contributed by atoms with Crippen LogP contribution in [0.15, 0.2) is 41.1 Å². The Labute approximate surface area is 116 Å². The van der Waals surface area contributed by atoms with Crippen molar-refractivity contribution < 1.29 is 14.6 Å². The molecule has 0 saturated heterocycles. The van der Waals surface area contributed by atoms with Crippen molar-refractivity contribution in [1.82, 2.24) is 4.98 Å². The number of carboxylic acid groups (broad SMARTS) is 1. The fourth-order valence-corrected chi connectivity index (χ4v) is 2.08. The van der Waals surface area contributed by atoms with Gasteiger partial charge in [-0.2, -0.15) is 0 Å². The Bertz CT molecular complexity index is 604. The molecule has 1 aromatic heterocycles. The quantitative estimate of drug-likeness (QED) is 0.925. The van der Waals surface area contributed by atoms with E-state index in [-0.39, 0.29) is 11.3 Å². The molecule has 0 unspecified atom stereocenters. The van der Waals surface area contributed by atoms with Crippen molar-refractivity contribution in [3.8, 4) is 11.5 Å². The molecule has 2 rings (SSSR count). The summed E-state index contributed by atoms with van der Waals surface area (Å²) < 4.78 is 6.14. The number of carbonyl (C=O) groups is 1. The number of pyridine rings is 1. The number of aromatic nitrogens is 1. The van der Waals surface area contributed by atoms with Crippen LogP contribution in [0.2, 0.25) is 5.02 Å². The average molecular weight is 329 g/mol. The van der Waals surface area contributed by atoms with Gasteiger partial charge in [0.15, 0.2) is 5.75 Å². The van der Waals surface area contributed by atoms with Gasteiger partial charge >= 0.3 is 5.97 Å². The summed E-state index contributed by atoms with van der Waals surface area (Å²) >= 11 is 9.10. The normalized spacial score (nSPS) is 10.1. The molecule has 92 valence electrons. The fourth-order valence-electron chi connectivity index (χ4n) is 1.31. The van der Waals surface area contributed by atoms with Gasteiger partial charge in [-0.15, -0.1) is 0 Å². The fraction of sp³-hybridized carbons (Fsp3) is 0. The second-order valence-corrected chi connectivity index (χ2v) is 4.64. The highest BCUT2D eigenvalue weighted by molar-refractivity contribution is 9.10. The standard InChI is InChI=1S/C12H7BrClNO3/c13-9-5-7(14)1-2-10(9)18-11-6-15-4-3-8(11)12(16)17/h1-6H,(H,16,17). The summed E-state index contributed by atoms with van der Waals surface area (Å²) in [5.41, 5.74) is 0.0480. The summed E-state index contributed by atoms with van der Waals surface area (Å²) in [7, 11) is 0. The summed E-state index contributed by atoms with van der Waals surface area (Å²) in [6, 6.07) is 6.33. The minimum Gasteiger partial charge on any atom is -0.478 e. The lowest BCUT2D eigenvalue weighted by Crippen LogP contribution is -2.00. The zero-order valence-electron chi connectivity index (χ0n) is 8.93. The Morgan fingerprint density at radius 1 is 1.33 bits per heavy atom. The van der Waals surface area contributed by atoms with Crippen LogP contribution in [0.3, 0.4) is 0 Å². The van der Waals surface area contributed by atoms with Gasteiger partial charge in [-0.05, 0) is 40.2 Å². The molecule has 0 fully saturated rings. The monoisotopic (exact) mass is 327 g/mol. The summed E-state index contributed by atoms with van der Waals surface area (Å²) in [5, 5.41) is 9.57. The van der Waals surface area contributed by atoms with Crippen molar-refractivity contribution in [2.24, 2.45) is 0 Å². The lowest BCUT2D eigenvalue weighted by molar-refractivity contribution is 0.0694. The third kappa shape index (κ3) is 2.80.